The summed E-state index contributed by atoms with van der Waals surface area (Å²) in [4.78, 5) is 23.1. The number of anilines is 1. The molecule has 7 heteroatoms. The van der Waals surface area contributed by atoms with Crippen molar-refractivity contribution in [2.24, 2.45) is 5.41 Å². The van der Waals surface area contributed by atoms with Crippen LogP contribution < -0.4 is 10.6 Å². The summed E-state index contributed by atoms with van der Waals surface area (Å²) in [6.45, 7) is 0.0242. The molecule has 0 aromatic heterocycles. The number of urea groups is 1. The van der Waals surface area contributed by atoms with Crippen molar-refractivity contribution in [3.63, 3.8) is 0 Å². The maximum atomic E-state index is 13.6. The highest BCUT2D eigenvalue weighted by Crippen LogP contribution is 2.37. The molecule has 0 unspecified atom stereocenters. The van der Waals surface area contributed by atoms with Crippen LogP contribution in [0.15, 0.2) is 18.2 Å². The minimum Gasteiger partial charge on any atom is -0.481 e. The molecule has 1 fully saturated rings. The van der Waals surface area contributed by atoms with Crippen LogP contribution in [0.2, 0.25) is 5.02 Å². The highest BCUT2D eigenvalue weighted by molar-refractivity contribution is 6.31. The Labute approximate surface area is 126 Å². The van der Waals surface area contributed by atoms with Gasteiger partial charge in [0.05, 0.1) is 16.1 Å². The standard InChI is InChI=1S/C14H16ClFN2O3/c15-9-4-3-5-10(11(9)16)18-13(21)17-8-14(12(19)20)6-1-2-7-14/h3-5H,1-2,6-8H2,(H,19,20)(H2,17,18,21). The molecule has 2 rings (SSSR count). The van der Waals surface area contributed by atoms with Crippen molar-refractivity contribution in [2.45, 2.75) is 25.7 Å². The third-order valence-corrected chi connectivity index (χ3v) is 4.09. The fraction of sp³-hybridized carbons (Fsp3) is 0.429. The number of rotatable bonds is 4. The normalized spacial score (nSPS) is 16.5. The fourth-order valence-corrected chi connectivity index (χ4v) is 2.71. The molecule has 0 radical (unpaired) electrons. The van der Waals surface area contributed by atoms with Crippen LogP contribution in [0.4, 0.5) is 14.9 Å². The molecule has 0 spiro atoms. The Morgan fingerprint density at radius 1 is 1.33 bits per heavy atom. The minimum atomic E-state index is -0.912. The van der Waals surface area contributed by atoms with Gasteiger partial charge in [0.2, 0.25) is 0 Å². The van der Waals surface area contributed by atoms with Gasteiger partial charge in [-0.05, 0) is 25.0 Å². The minimum absolute atomic E-state index is 0.0242. The number of carbonyl (C=O) groups excluding carboxylic acids is 1. The average Bonchev–Trinajstić information content (AvgIpc) is 2.92. The smallest absolute Gasteiger partial charge is 0.319 e. The molecule has 1 aliphatic carbocycles. The molecule has 114 valence electrons. The van der Waals surface area contributed by atoms with E-state index in [1.165, 1.54) is 18.2 Å². The second-order valence-electron chi connectivity index (χ2n) is 5.20. The molecule has 0 bridgehead atoms. The molecular formula is C14H16ClFN2O3. The van der Waals surface area contributed by atoms with E-state index < -0.39 is 23.2 Å². The molecule has 0 heterocycles. The molecule has 1 saturated carbocycles. The predicted molar refractivity (Wildman–Crippen MR) is 77.0 cm³/mol. The molecule has 1 aliphatic rings. The number of carbonyl (C=O) groups is 2. The summed E-state index contributed by atoms with van der Waals surface area (Å²) in [5.41, 5.74) is -0.958. The zero-order valence-electron chi connectivity index (χ0n) is 11.3. The van der Waals surface area contributed by atoms with Crippen LogP contribution in [0.1, 0.15) is 25.7 Å². The highest BCUT2D eigenvalue weighted by atomic mass is 35.5. The van der Waals surface area contributed by atoms with Gasteiger partial charge in [0.1, 0.15) is 0 Å². The molecule has 1 aromatic carbocycles. The van der Waals surface area contributed by atoms with Gasteiger partial charge >= 0.3 is 12.0 Å². The van der Waals surface area contributed by atoms with Gasteiger partial charge in [-0.15, -0.1) is 0 Å². The molecule has 0 aliphatic heterocycles. The Kier molecular flexibility index (Phi) is 4.67. The topological polar surface area (TPSA) is 78.4 Å². The first-order chi connectivity index (χ1) is 9.94. The summed E-state index contributed by atoms with van der Waals surface area (Å²) in [7, 11) is 0. The van der Waals surface area contributed by atoms with E-state index in [0.717, 1.165) is 12.8 Å². The van der Waals surface area contributed by atoms with Crippen LogP contribution in [0, 0.1) is 11.2 Å². The van der Waals surface area contributed by atoms with Gasteiger partial charge in [-0.1, -0.05) is 30.5 Å². The van der Waals surface area contributed by atoms with Crippen molar-refractivity contribution in [3.8, 4) is 0 Å². The van der Waals surface area contributed by atoms with Gasteiger partial charge in [0, 0.05) is 6.54 Å². The lowest BCUT2D eigenvalue weighted by Crippen LogP contribution is -2.42. The zero-order valence-corrected chi connectivity index (χ0v) is 12.0. The Morgan fingerprint density at radius 3 is 2.62 bits per heavy atom. The van der Waals surface area contributed by atoms with Crippen LogP contribution in [0.25, 0.3) is 0 Å². The number of nitrogens with one attached hydrogen (secondary N) is 2. The number of hydrogen-bond donors (Lipinski definition) is 3. The second-order valence-corrected chi connectivity index (χ2v) is 5.61. The van der Waals surface area contributed by atoms with Gasteiger partial charge in [-0.3, -0.25) is 4.79 Å². The van der Waals surface area contributed by atoms with Crippen LogP contribution in [-0.4, -0.2) is 23.7 Å². The lowest BCUT2D eigenvalue weighted by molar-refractivity contribution is -0.148. The average molecular weight is 315 g/mol. The number of hydrogen-bond acceptors (Lipinski definition) is 2. The molecule has 0 saturated heterocycles. The summed E-state index contributed by atoms with van der Waals surface area (Å²) in [6, 6.07) is 3.61. The Balaban J connectivity index is 1.96. The van der Waals surface area contributed by atoms with E-state index in [9.17, 15) is 19.1 Å². The van der Waals surface area contributed by atoms with Crippen LogP contribution in [0.5, 0.6) is 0 Å². The summed E-state index contributed by atoms with van der Waals surface area (Å²) < 4.78 is 13.6. The first-order valence-corrected chi connectivity index (χ1v) is 7.05. The van der Waals surface area contributed by atoms with E-state index in [4.69, 9.17) is 11.6 Å². The first kappa shape index (κ1) is 15.6. The van der Waals surface area contributed by atoms with Gasteiger partial charge in [0.25, 0.3) is 0 Å². The summed E-state index contributed by atoms with van der Waals surface area (Å²) in [5, 5.41) is 14.0. The quantitative estimate of drug-likeness (QED) is 0.798. The van der Waals surface area contributed by atoms with Crippen LogP contribution >= 0.6 is 11.6 Å². The van der Waals surface area contributed by atoms with Crippen molar-refractivity contribution in [1.29, 1.82) is 0 Å². The van der Waals surface area contributed by atoms with Gasteiger partial charge < -0.3 is 15.7 Å². The zero-order chi connectivity index (χ0) is 15.5. The Bertz CT molecular complexity index is 559. The number of carboxylic acid groups (broad SMARTS) is 1. The van der Waals surface area contributed by atoms with Crippen LogP contribution in [-0.2, 0) is 4.79 Å². The number of aliphatic carboxylic acids is 1. The number of benzene rings is 1. The number of carboxylic acids is 1. The largest absolute Gasteiger partial charge is 0.481 e. The lowest BCUT2D eigenvalue weighted by atomic mass is 9.86. The summed E-state index contributed by atoms with van der Waals surface area (Å²) in [5.74, 6) is -1.63. The van der Waals surface area contributed by atoms with Crippen molar-refractivity contribution < 1.29 is 19.1 Å². The van der Waals surface area contributed by atoms with Crippen molar-refractivity contribution in [3.05, 3.63) is 29.0 Å². The van der Waals surface area contributed by atoms with E-state index in [0.29, 0.717) is 12.8 Å². The SMILES string of the molecule is O=C(NCC1(C(=O)O)CCCC1)Nc1cccc(Cl)c1F. The molecule has 1 aromatic rings. The third-order valence-electron chi connectivity index (χ3n) is 3.80. The van der Waals surface area contributed by atoms with Gasteiger partial charge in [-0.25, -0.2) is 9.18 Å². The number of halogens is 2. The third kappa shape index (κ3) is 3.44. The van der Waals surface area contributed by atoms with Crippen LogP contribution in [0.3, 0.4) is 0 Å². The van der Waals surface area contributed by atoms with E-state index in [-0.39, 0.29) is 17.3 Å². The van der Waals surface area contributed by atoms with Crippen molar-refractivity contribution in [1.82, 2.24) is 5.32 Å². The Hall–Kier alpha value is -1.82. The molecule has 3 N–H and O–H groups in total. The maximum Gasteiger partial charge on any atom is 0.319 e. The summed E-state index contributed by atoms with van der Waals surface area (Å²) in [6.07, 6.45) is 2.74. The first-order valence-electron chi connectivity index (χ1n) is 6.67. The van der Waals surface area contributed by atoms with E-state index in [2.05, 4.69) is 10.6 Å². The van der Waals surface area contributed by atoms with Gasteiger partial charge in [-0.2, -0.15) is 0 Å². The van der Waals surface area contributed by atoms with E-state index in [1.54, 1.807) is 0 Å². The molecule has 21 heavy (non-hydrogen) atoms. The van der Waals surface area contributed by atoms with E-state index >= 15 is 0 Å². The molecular weight excluding hydrogens is 299 g/mol. The fourth-order valence-electron chi connectivity index (χ4n) is 2.53. The molecule has 0 atom stereocenters. The second kappa shape index (κ2) is 6.30. The van der Waals surface area contributed by atoms with Crippen molar-refractivity contribution in [2.75, 3.05) is 11.9 Å². The number of amides is 2. The van der Waals surface area contributed by atoms with Gasteiger partial charge in [0.15, 0.2) is 5.82 Å². The predicted octanol–water partition coefficient (Wildman–Crippen LogP) is 3.25. The monoisotopic (exact) mass is 314 g/mol. The van der Waals surface area contributed by atoms with E-state index in [1.807, 2.05) is 0 Å². The Morgan fingerprint density at radius 2 is 2.00 bits per heavy atom. The highest BCUT2D eigenvalue weighted by Gasteiger charge is 2.41. The molecule has 2 amide bonds. The maximum absolute atomic E-state index is 13.6. The van der Waals surface area contributed by atoms with Crippen molar-refractivity contribution >= 4 is 29.3 Å². The summed E-state index contributed by atoms with van der Waals surface area (Å²) >= 11 is 5.62. The lowest BCUT2D eigenvalue weighted by Gasteiger charge is -2.24. The molecule has 5 nitrogen and oxygen atoms in total.